The average molecular weight is 296 g/mol. The summed E-state index contributed by atoms with van der Waals surface area (Å²) in [5.41, 5.74) is 0. The Morgan fingerprint density at radius 2 is 1.90 bits per heavy atom. The zero-order valence-corrected chi connectivity index (χ0v) is 12.5. The largest absolute Gasteiger partial charge is 0.492 e. The molecule has 0 atom stereocenters. The van der Waals surface area contributed by atoms with Gasteiger partial charge in [-0.1, -0.05) is 30.9 Å². The van der Waals surface area contributed by atoms with Gasteiger partial charge in [-0.05, 0) is 43.0 Å². The Bertz CT molecular complexity index is 413. The molecule has 0 heterocycles. The quantitative estimate of drug-likeness (QED) is 0.811. The second-order valence-corrected chi connectivity index (χ2v) is 5.80. The summed E-state index contributed by atoms with van der Waals surface area (Å²) >= 11 is 5.79. The third-order valence-corrected chi connectivity index (χ3v) is 3.96. The van der Waals surface area contributed by atoms with Crippen LogP contribution < -0.4 is 10.1 Å². The van der Waals surface area contributed by atoms with Gasteiger partial charge in [0.1, 0.15) is 12.4 Å². The van der Waals surface area contributed by atoms with E-state index in [1.165, 1.54) is 32.1 Å². The first-order valence-electron chi connectivity index (χ1n) is 7.39. The van der Waals surface area contributed by atoms with Crippen LogP contribution in [0, 0.1) is 5.92 Å². The number of amides is 1. The summed E-state index contributed by atoms with van der Waals surface area (Å²) in [5, 5.41) is 3.61. The highest BCUT2D eigenvalue weighted by Gasteiger charge is 2.16. The summed E-state index contributed by atoms with van der Waals surface area (Å²) in [6.45, 7) is 1.03. The smallest absolute Gasteiger partial charge is 0.220 e. The summed E-state index contributed by atoms with van der Waals surface area (Å²) < 4.78 is 5.53. The zero-order chi connectivity index (χ0) is 14.2. The maximum Gasteiger partial charge on any atom is 0.220 e. The number of hydrogen-bond donors (Lipinski definition) is 1. The minimum atomic E-state index is 0.150. The third-order valence-electron chi connectivity index (χ3n) is 3.71. The van der Waals surface area contributed by atoms with E-state index in [0.29, 0.717) is 30.5 Å². The van der Waals surface area contributed by atoms with Crippen LogP contribution in [-0.4, -0.2) is 19.1 Å². The van der Waals surface area contributed by atoms with Gasteiger partial charge in [0.2, 0.25) is 5.91 Å². The fourth-order valence-corrected chi connectivity index (χ4v) is 2.74. The van der Waals surface area contributed by atoms with Crippen molar-refractivity contribution < 1.29 is 9.53 Å². The molecule has 0 radical (unpaired) electrons. The van der Waals surface area contributed by atoms with Crippen LogP contribution in [0.15, 0.2) is 24.3 Å². The monoisotopic (exact) mass is 295 g/mol. The summed E-state index contributed by atoms with van der Waals surface area (Å²) in [6, 6.07) is 7.23. The van der Waals surface area contributed by atoms with Gasteiger partial charge >= 0.3 is 0 Å². The van der Waals surface area contributed by atoms with Crippen LogP contribution in [0.1, 0.15) is 38.5 Å². The SMILES string of the molecule is O=C(CC1CCCCC1)NCCOc1ccc(Cl)cc1. The Morgan fingerprint density at radius 1 is 1.20 bits per heavy atom. The molecule has 0 bridgehead atoms. The first kappa shape index (κ1) is 15.2. The van der Waals surface area contributed by atoms with Crippen LogP contribution in [0.25, 0.3) is 0 Å². The lowest BCUT2D eigenvalue weighted by Gasteiger charge is -2.20. The predicted octanol–water partition coefficient (Wildman–Crippen LogP) is 3.81. The van der Waals surface area contributed by atoms with E-state index in [1.54, 1.807) is 12.1 Å². The summed E-state index contributed by atoms with van der Waals surface area (Å²) in [4.78, 5) is 11.8. The number of nitrogens with one attached hydrogen (secondary N) is 1. The van der Waals surface area contributed by atoms with Gasteiger partial charge in [-0.15, -0.1) is 0 Å². The molecule has 20 heavy (non-hydrogen) atoms. The second kappa shape index (κ2) is 8.15. The number of hydrogen-bond acceptors (Lipinski definition) is 2. The fourth-order valence-electron chi connectivity index (χ4n) is 2.62. The molecule has 2 rings (SSSR count). The van der Waals surface area contributed by atoms with Crippen molar-refractivity contribution >= 4 is 17.5 Å². The van der Waals surface area contributed by atoms with E-state index in [4.69, 9.17) is 16.3 Å². The van der Waals surface area contributed by atoms with Crippen molar-refractivity contribution in [2.24, 2.45) is 5.92 Å². The molecule has 3 nitrogen and oxygen atoms in total. The minimum Gasteiger partial charge on any atom is -0.492 e. The molecule has 1 aliphatic carbocycles. The van der Waals surface area contributed by atoms with Crippen molar-refractivity contribution in [3.63, 3.8) is 0 Å². The number of halogens is 1. The van der Waals surface area contributed by atoms with E-state index >= 15 is 0 Å². The van der Waals surface area contributed by atoms with E-state index in [0.717, 1.165) is 5.75 Å². The average Bonchev–Trinajstić information content (AvgIpc) is 2.46. The maximum atomic E-state index is 11.8. The molecule has 0 saturated heterocycles. The Morgan fingerprint density at radius 3 is 2.60 bits per heavy atom. The molecular weight excluding hydrogens is 274 g/mol. The zero-order valence-electron chi connectivity index (χ0n) is 11.7. The van der Waals surface area contributed by atoms with Gasteiger partial charge < -0.3 is 10.1 Å². The first-order chi connectivity index (χ1) is 9.74. The van der Waals surface area contributed by atoms with Crippen molar-refractivity contribution in [2.45, 2.75) is 38.5 Å². The Hall–Kier alpha value is -1.22. The molecule has 110 valence electrons. The van der Waals surface area contributed by atoms with Crippen molar-refractivity contribution in [3.8, 4) is 5.75 Å². The molecule has 1 aromatic carbocycles. The summed E-state index contributed by atoms with van der Waals surface area (Å²) in [5.74, 6) is 1.51. The van der Waals surface area contributed by atoms with Crippen LogP contribution in [0.5, 0.6) is 5.75 Å². The normalized spacial score (nSPS) is 15.8. The molecule has 1 N–H and O–H groups in total. The summed E-state index contributed by atoms with van der Waals surface area (Å²) in [7, 11) is 0. The summed E-state index contributed by atoms with van der Waals surface area (Å²) in [6.07, 6.45) is 6.95. The van der Waals surface area contributed by atoms with E-state index in [9.17, 15) is 4.79 Å². The Balaban J connectivity index is 1.58. The van der Waals surface area contributed by atoms with Gasteiger partial charge in [-0.3, -0.25) is 4.79 Å². The second-order valence-electron chi connectivity index (χ2n) is 5.36. The van der Waals surface area contributed by atoms with Gasteiger partial charge in [0.25, 0.3) is 0 Å². The highest BCUT2D eigenvalue weighted by Crippen LogP contribution is 2.25. The van der Waals surface area contributed by atoms with Gasteiger partial charge in [0.05, 0.1) is 6.54 Å². The lowest BCUT2D eigenvalue weighted by atomic mass is 9.87. The molecule has 4 heteroatoms. The van der Waals surface area contributed by atoms with Gasteiger partial charge in [0.15, 0.2) is 0 Å². The maximum absolute atomic E-state index is 11.8. The minimum absolute atomic E-state index is 0.150. The molecule has 0 spiro atoms. The van der Waals surface area contributed by atoms with Crippen molar-refractivity contribution in [1.29, 1.82) is 0 Å². The van der Waals surface area contributed by atoms with Crippen molar-refractivity contribution in [1.82, 2.24) is 5.32 Å². The highest BCUT2D eigenvalue weighted by molar-refractivity contribution is 6.30. The van der Waals surface area contributed by atoms with E-state index in [2.05, 4.69) is 5.32 Å². The first-order valence-corrected chi connectivity index (χ1v) is 7.77. The lowest BCUT2D eigenvalue weighted by Crippen LogP contribution is -2.30. The Labute approximate surface area is 125 Å². The number of rotatable bonds is 6. The van der Waals surface area contributed by atoms with Crippen LogP contribution >= 0.6 is 11.6 Å². The molecule has 1 saturated carbocycles. The van der Waals surface area contributed by atoms with E-state index in [1.807, 2.05) is 12.1 Å². The lowest BCUT2D eigenvalue weighted by molar-refractivity contribution is -0.122. The topological polar surface area (TPSA) is 38.3 Å². The molecule has 1 aromatic rings. The number of benzene rings is 1. The van der Waals surface area contributed by atoms with Crippen LogP contribution in [0.3, 0.4) is 0 Å². The molecule has 1 fully saturated rings. The van der Waals surface area contributed by atoms with Crippen LogP contribution in [0.4, 0.5) is 0 Å². The van der Waals surface area contributed by atoms with E-state index in [-0.39, 0.29) is 5.91 Å². The Kier molecular flexibility index (Phi) is 6.19. The van der Waals surface area contributed by atoms with Gasteiger partial charge in [0, 0.05) is 11.4 Å². The van der Waals surface area contributed by atoms with E-state index < -0.39 is 0 Å². The number of carbonyl (C=O) groups excluding carboxylic acids is 1. The van der Waals surface area contributed by atoms with Crippen LogP contribution in [-0.2, 0) is 4.79 Å². The molecular formula is C16H22ClNO2. The van der Waals surface area contributed by atoms with Crippen LogP contribution in [0.2, 0.25) is 5.02 Å². The predicted molar refractivity (Wildman–Crippen MR) is 81.1 cm³/mol. The van der Waals surface area contributed by atoms with Crippen molar-refractivity contribution in [3.05, 3.63) is 29.3 Å². The number of carbonyl (C=O) groups is 1. The van der Waals surface area contributed by atoms with Gasteiger partial charge in [-0.25, -0.2) is 0 Å². The van der Waals surface area contributed by atoms with Crippen molar-refractivity contribution in [2.75, 3.05) is 13.2 Å². The molecule has 1 amide bonds. The fraction of sp³-hybridized carbons (Fsp3) is 0.562. The molecule has 0 unspecified atom stereocenters. The van der Waals surface area contributed by atoms with Gasteiger partial charge in [-0.2, -0.15) is 0 Å². The third kappa shape index (κ3) is 5.41. The standard InChI is InChI=1S/C16H22ClNO2/c17-14-6-8-15(9-7-14)20-11-10-18-16(19)12-13-4-2-1-3-5-13/h6-9,13H,1-5,10-12H2,(H,18,19). The number of ether oxygens (including phenoxy) is 1. The molecule has 1 aliphatic rings. The molecule has 0 aliphatic heterocycles. The molecule has 0 aromatic heterocycles. The highest BCUT2D eigenvalue weighted by atomic mass is 35.5.